The maximum atomic E-state index is 9.16. The van der Waals surface area contributed by atoms with Crippen LogP contribution in [-0.2, 0) is 15.6 Å². The van der Waals surface area contributed by atoms with E-state index in [9.17, 15) is 0 Å². The summed E-state index contributed by atoms with van der Waals surface area (Å²) in [6.07, 6.45) is 1.06. The van der Waals surface area contributed by atoms with Crippen molar-refractivity contribution in [1.82, 2.24) is 0 Å². The average molecular weight is 535 g/mol. The zero-order valence-electron chi connectivity index (χ0n) is 24.7. The van der Waals surface area contributed by atoms with E-state index < -0.39 is 6.10 Å². The van der Waals surface area contributed by atoms with Gasteiger partial charge in [0.2, 0.25) is 0 Å². The van der Waals surface area contributed by atoms with E-state index >= 15 is 0 Å². The number of ether oxygens (including phenoxy) is 4. The lowest BCUT2D eigenvalue weighted by atomic mass is 9.78. The van der Waals surface area contributed by atoms with Gasteiger partial charge in [0.25, 0.3) is 0 Å². The lowest BCUT2D eigenvalue weighted by molar-refractivity contribution is 0.122. The summed E-state index contributed by atoms with van der Waals surface area (Å²) < 4.78 is 21.8. The molecule has 0 bridgehead atoms. The summed E-state index contributed by atoms with van der Waals surface area (Å²) >= 11 is 0. The van der Waals surface area contributed by atoms with Crippen LogP contribution in [0.3, 0.4) is 0 Å². The van der Waals surface area contributed by atoms with Crippen molar-refractivity contribution in [3.8, 4) is 17.2 Å². The minimum absolute atomic E-state index is 0.0461. The highest BCUT2D eigenvalue weighted by Crippen LogP contribution is 2.34. The van der Waals surface area contributed by atoms with E-state index in [0.29, 0.717) is 25.9 Å². The Morgan fingerprint density at radius 3 is 1.46 bits per heavy atom. The Kier molecular flexibility index (Phi) is 10.8. The number of hydrogen-bond acceptors (Lipinski definition) is 5. The Hall–Kier alpha value is -3.02. The number of epoxide rings is 1. The molecule has 212 valence electrons. The SMILES string of the molecule is CC(O)COc1ccc(C(C)(C)CC2CO2)cc1.CCOc1ccc(C(C)(C)c2ccc(OCC)cc2)cc1. The average Bonchev–Trinajstić information content (AvgIpc) is 3.72. The number of rotatable bonds is 12. The second-order valence-corrected chi connectivity index (χ2v) is 11.3. The van der Waals surface area contributed by atoms with Crippen molar-refractivity contribution in [2.75, 3.05) is 26.4 Å². The third-order valence-corrected chi connectivity index (χ3v) is 7.04. The normalized spacial score (nSPS) is 15.5. The molecule has 5 nitrogen and oxygen atoms in total. The van der Waals surface area contributed by atoms with Crippen LogP contribution in [0.15, 0.2) is 72.8 Å². The smallest absolute Gasteiger partial charge is 0.119 e. The Balaban J connectivity index is 0.000000218. The first-order valence-electron chi connectivity index (χ1n) is 14.0. The van der Waals surface area contributed by atoms with Crippen molar-refractivity contribution in [3.63, 3.8) is 0 Å². The predicted molar refractivity (Wildman–Crippen MR) is 158 cm³/mol. The highest BCUT2D eigenvalue weighted by molar-refractivity contribution is 5.41. The molecular weight excluding hydrogens is 488 g/mol. The van der Waals surface area contributed by atoms with Gasteiger partial charge in [0.15, 0.2) is 0 Å². The van der Waals surface area contributed by atoms with E-state index in [2.05, 4.69) is 64.1 Å². The van der Waals surface area contributed by atoms with Gasteiger partial charge in [-0.15, -0.1) is 0 Å². The summed E-state index contributed by atoms with van der Waals surface area (Å²) in [5.74, 6) is 2.64. The first kappa shape index (κ1) is 30.5. The molecule has 0 amide bonds. The molecule has 3 aromatic rings. The van der Waals surface area contributed by atoms with Crippen LogP contribution in [0.2, 0.25) is 0 Å². The van der Waals surface area contributed by atoms with Crippen LogP contribution in [0.4, 0.5) is 0 Å². The molecule has 3 aromatic carbocycles. The molecule has 1 aliphatic rings. The fourth-order valence-corrected chi connectivity index (χ4v) is 4.53. The van der Waals surface area contributed by atoms with Crippen LogP contribution in [0.5, 0.6) is 17.2 Å². The van der Waals surface area contributed by atoms with Gasteiger partial charge in [0.05, 0.1) is 32.0 Å². The lowest BCUT2D eigenvalue weighted by Gasteiger charge is -2.26. The van der Waals surface area contributed by atoms with Crippen LogP contribution in [-0.4, -0.2) is 43.7 Å². The zero-order valence-corrected chi connectivity index (χ0v) is 24.7. The molecule has 2 atom stereocenters. The van der Waals surface area contributed by atoms with E-state index in [-0.39, 0.29) is 10.8 Å². The summed E-state index contributed by atoms with van der Waals surface area (Å²) in [6, 6.07) is 24.8. The molecule has 1 heterocycles. The van der Waals surface area contributed by atoms with Crippen LogP contribution < -0.4 is 14.2 Å². The molecule has 1 aliphatic heterocycles. The highest BCUT2D eigenvalue weighted by Gasteiger charge is 2.32. The maximum Gasteiger partial charge on any atom is 0.119 e. The predicted octanol–water partition coefficient (Wildman–Crippen LogP) is 7.32. The first-order valence-corrected chi connectivity index (χ1v) is 14.0. The molecule has 1 N–H and O–H groups in total. The van der Waals surface area contributed by atoms with Crippen molar-refractivity contribution in [2.45, 2.75) is 77.9 Å². The van der Waals surface area contributed by atoms with Gasteiger partial charge in [-0.2, -0.15) is 0 Å². The molecular formula is C34H46O5. The molecule has 0 spiro atoms. The van der Waals surface area contributed by atoms with Gasteiger partial charge in [-0.1, -0.05) is 64.1 Å². The molecule has 1 saturated heterocycles. The van der Waals surface area contributed by atoms with Crippen LogP contribution >= 0.6 is 0 Å². The number of aliphatic hydroxyl groups excluding tert-OH is 1. The summed E-state index contributed by atoms with van der Waals surface area (Å²) in [5.41, 5.74) is 3.92. The molecule has 0 radical (unpaired) electrons. The monoisotopic (exact) mass is 534 g/mol. The summed E-state index contributed by atoms with van der Waals surface area (Å²) in [5, 5.41) is 9.16. The first-order chi connectivity index (χ1) is 18.5. The molecule has 2 unspecified atom stereocenters. The summed E-state index contributed by atoms with van der Waals surface area (Å²) in [7, 11) is 0. The Bertz CT molecular complexity index is 1060. The minimum atomic E-state index is -0.437. The van der Waals surface area contributed by atoms with E-state index in [1.807, 2.05) is 50.2 Å². The van der Waals surface area contributed by atoms with Gasteiger partial charge in [-0.3, -0.25) is 0 Å². The fraction of sp³-hybridized carbons (Fsp3) is 0.471. The van der Waals surface area contributed by atoms with E-state index in [0.717, 1.165) is 30.3 Å². The number of hydrogen-bond donors (Lipinski definition) is 1. The van der Waals surface area contributed by atoms with Crippen molar-refractivity contribution in [2.24, 2.45) is 0 Å². The largest absolute Gasteiger partial charge is 0.494 e. The third-order valence-electron chi connectivity index (χ3n) is 7.04. The second kappa shape index (κ2) is 13.9. The second-order valence-electron chi connectivity index (χ2n) is 11.3. The van der Waals surface area contributed by atoms with Crippen molar-refractivity contribution in [3.05, 3.63) is 89.5 Å². The van der Waals surface area contributed by atoms with Crippen molar-refractivity contribution >= 4 is 0 Å². The molecule has 0 aliphatic carbocycles. The van der Waals surface area contributed by atoms with Gasteiger partial charge in [0.1, 0.15) is 23.9 Å². The van der Waals surface area contributed by atoms with Crippen LogP contribution in [0.25, 0.3) is 0 Å². The Labute approximate surface area is 235 Å². The number of aliphatic hydroxyl groups is 1. The molecule has 1 fully saturated rings. The zero-order chi connectivity index (χ0) is 28.5. The van der Waals surface area contributed by atoms with Gasteiger partial charge in [-0.05, 0) is 85.7 Å². The van der Waals surface area contributed by atoms with Crippen LogP contribution in [0.1, 0.15) is 71.6 Å². The van der Waals surface area contributed by atoms with E-state index in [1.165, 1.54) is 16.7 Å². The van der Waals surface area contributed by atoms with Gasteiger partial charge >= 0.3 is 0 Å². The fourth-order valence-electron chi connectivity index (χ4n) is 4.53. The lowest BCUT2D eigenvalue weighted by Crippen LogP contribution is -2.19. The molecule has 0 saturated carbocycles. The van der Waals surface area contributed by atoms with E-state index in [1.54, 1.807) is 6.92 Å². The maximum absolute atomic E-state index is 9.16. The van der Waals surface area contributed by atoms with E-state index in [4.69, 9.17) is 24.1 Å². The minimum Gasteiger partial charge on any atom is -0.494 e. The molecule has 5 heteroatoms. The van der Waals surface area contributed by atoms with Crippen molar-refractivity contribution in [1.29, 1.82) is 0 Å². The Morgan fingerprint density at radius 1 is 0.718 bits per heavy atom. The van der Waals surface area contributed by atoms with Gasteiger partial charge in [0, 0.05) is 5.41 Å². The van der Waals surface area contributed by atoms with Crippen molar-refractivity contribution < 1.29 is 24.1 Å². The Morgan fingerprint density at radius 2 is 1.10 bits per heavy atom. The summed E-state index contributed by atoms with van der Waals surface area (Å²) in [4.78, 5) is 0. The molecule has 0 aromatic heterocycles. The molecule has 4 rings (SSSR count). The topological polar surface area (TPSA) is 60.5 Å². The standard InChI is InChI=1S/C19H24O2.C15H22O3/c1-5-20-17-11-7-15(8-12-17)19(3,4)16-9-13-18(14-10-16)21-6-2;1-11(16)9-17-13-6-4-12(5-7-13)15(2,3)8-14-10-18-14/h7-14H,5-6H2,1-4H3;4-7,11,14,16H,8-10H2,1-3H3. The van der Waals surface area contributed by atoms with Crippen LogP contribution in [0, 0.1) is 0 Å². The summed E-state index contributed by atoms with van der Waals surface area (Å²) in [6.45, 7) is 17.3. The third kappa shape index (κ3) is 9.29. The van der Waals surface area contributed by atoms with Gasteiger partial charge < -0.3 is 24.1 Å². The number of benzene rings is 3. The quantitative estimate of drug-likeness (QED) is 0.247. The van der Waals surface area contributed by atoms with Gasteiger partial charge in [-0.25, -0.2) is 0 Å². The molecule has 39 heavy (non-hydrogen) atoms. The highest BCUT2D eigenvalue weighted by atomic mass is 16.6.